The quantitative estimate of drug-likeness (QED) is 0.569. The van der Waals surface area contributed by atoms with Gasteiger partial charge in [0.15, 0.2) is 0 Å². The van der Waals surface area contributed by atoms with E-state index in [4.69, 9.17) is 0 Å². The van der Waals surface area contributed by atoms with Crippen LogP contribution in [0, 0.1) is 5.92 Å². The van der Waals surface area contributed by atoms with Crippen molar-refractivity contribution in [2.45, 2.75) is 20.3 Å². The van der Waals surface area contributed by atoms with Gasteiger partial charge in [0.05, 0.1) is 12.6 Å². The number of nitrogens with one attached hydrogen (secondary N) is 1. The van der Waals surface area contributed by atoms with Crippen molar-refractivity contribution < 1.29 is 19.4 Å². The molecule has 0 unspecified atom stereocenters. The highest BCUT2D eigenvalue weighted by Crippen LogP contribution is 1.95. The molecule has 0 saturated carbocycles. The summed E-state index contributed by atoms with van der Waals surface area (Å²) < 4.78 is 4.54. The zero-order chi connectivity index (χ0) is 11.0. The second-order valence-corrected chi connectivity index (χ2v) is 3.40. The average Bonchev–Trinajstić information content (AvgIpc) is 2.02. The van der Waals surface area contributed by atoms with Crippen molar-refractivity contribution in [3.63, 3.8) is 0 Å². The number of carboxylic acids is 1. The molecule has 1 amide bonds. The standard InChI is InChI=1S/C9H17NO4/c1-7(2)3-4-10-8(11)5-14-6-9(12)13/h7H,3-6H2,1-2H3,(H,10,11)(H,12,13)/p-1. The Bertz CT molecular complexity index is 191. The summed E-state index contributed by atoms with van der Waals surface area (Å²) in [5.41, 5.74) is 0. The molecule has 0 saturated heterocycles. The van der Waals surface area contributed by atoms with Crippen LogP contribution in [-0.2, 0) is 14.3 Å². The van der Waals surface area contributed by atoms with Gasteiger partial charge in [-0.15, -0.1) is 0 Å². The van der Waals surface area contributed by atoms with E-state index in [0.29, 0.717) is 12.5 Å². The molecule has 0 aromatic heterocycles. The van der Waals surface area contributed by atoms with E-state index in [1.54, 1.807) is 0 Å². The second-order valence-electron chi connectivity index (χ2n) is 3.40. The van der Waals surface area contributed by atoms with Crippen LogP contribution < -0.4 is 10.4 Å². The maximum absolute atomic E-state index is 11.0. The Labute approximate surface area is 83.4 Å². The maximum atomic E-state index is 11.0. The minimum Gasteiger partial charge on any atom is -0.548 e. The summed E-state index contributed by atoms with van der Waals surface area (Å²) in [5.74, 6) is -1.09. The molecule has 0 spiro atoms. The number of rotatable bonds is 7. The van der Waals surface area contributed by atoms with Crippen LogP contribution in [0.25, 0.3) is 0 Å². The van der Waals surface area contributed by atoms with Crippen molar-refractivity contribution in [2.75, 3.05) is 19.8 Å². The van der Waals surface area contributed by atoms with E-state index in [1.807, 2.05) is 0 Å². The highest BCUT2D eigenvalue weighted by molar-refractivity contribution is 5.77. The van der Waals surface area contributed by atoms with Gasteiger partial charge < -0.3 is 20.0 Å². The Hall–Kier alpha value is -1.10. The zero-order valence-corrected chi connectivity index (χ0v) is 8.54. The third kappa shape index (κ3) is 8.99. The molecule has 0 bridgehead atoms. The molecule has 82 valence electrons. The minimum absolute atomic E-state index is 0.230. The van der Waals surface area contributed by atoms with Gasteiger partial charge in [0.2, 0.25) is 5.91 Å². The van der Waals surface area contributed by atoms with Crippen LogP contribution in [0.4, 0.5) is 0 Å². The number of amides is 1. The lowest BCUT2D eigenvalue weighted by atomic mass is 10.1. The lowest BCUT2D eigenvalue weighted by Crippen LogP contribution is -2.33. The van der Waals surface area contributed by atoms with E-state index in [1.165, 1.54) is 0 Å². The van der Waals surface area contributed by atoms with Crippen LogP contribution in [0.2, 0.25) is 0 Å². The van der Waals surface area contributed by atoms with Gasteiger partial charge in [0, 0.05) is 6.54 Å². The van der Waals surface area contributed by atoms with Crippen molar-refractivity contribution in [1.29, 1.82) is 0 Å². The van der Waals surface area contributed by atoms with Crippen molar-refractivity contribution in [3.05, 3.63) is 0 Å². The van der Waals surface area contributed by atoms with Gasteiger partial charge in [-0.1, -0.05) is 13.8 Å². The Kier molecular flexibility index (Phi) is 6.74. The summed E-state index contributed by atoms with van der Waals surface area (Å²) in [6.07, 6.45) is 0.895. The van der Waals surface area contributed by atoms with Crippen LogP contribution in [0.1, 0.15) is 20.3 Å². The summed E-state index contributed by atoms with van der Waals surface area (Å²) in [6, 6.07) is 0. The van der Waals surface area contributed by atoms with Crippen LogP contribution in [0.5, 0.6) is 0 Å². The highest BCUT2D eigenvalue weighted by atomic mass is 16.5. The average molecular weight is 202 g/mol. The summed E-state index contributed by atoms with van der Waals surface area (Å²) in [6.45, 7) is 3.92. The summed E-state index contributed by atoms with van der Waals surface area (Å²) >= 11 is 0. The number of hydrogen-bond donors (Lipinski definition) is 1. The van der Waals surface area contributed by atoms with Gasteiger partial charge in [-0.25, -0.2) is 0 Å². The third-order valence-electron chi connectivity index (χ3n) is 1.50. The SMILES string of the molecule is CC(C)CCNC(=O)COCC(=O)[O-]. The summed E-state index contributed by atoms with van der Waals surface area (Å²) in [7, 11) is 0. The molecular formula is C9H16NO4-. The van der Waals surface area contributed by atoms with E-state index in [9.17, 15) is 14.7 Å². The first-order valence-corrected chi connectivity index (χ1v) is 4.56. The second kappa shape index (κ2) is 7.32. The van der Waals surface area contributed by atoms with Crippen molar-refractivity contribution in [1.82, 2.24) is 5.32 Å². The highest BCUT2D eigenvalue weighted by Gasteiger charge is 2.01. The lowest BCUT2D eigenvalue weighted by Gasteiger charge is -2.07. The molecule has 1 N–H and O–H groups in total. The molecule has 0 fully saturated rings. The predicted octanol–water partition coefficient (Wildman–Crippen LogP) is -1.08. The molecular weight excluding hydrogens is 186 g/mol. The normalized spacial score (nSPS) is 10.2. The molecule has 0 heterocycles. The molecule has 0 aliphatic heterocycles. The largest absolute Gasteiger partial charge is 0.548 e. The molecule has 14 heavy (non-hydrogen) atoms. The molecule has 0 aliphatic rings. The van der Waals surface area contributed by atoms with E-state index in [0.717, 1.165) is 6.42 Å². The fourth-order valence-electron chi connectivity index (χ4n) is 0.778. The number of aliphatic carboxylic acids is 1. The van der Waals surface area contributed by atoms with Crippen LogP contribution in [0.15, 0.2) is 0 Å². The van der Waals surface area contributed by atoms with E-state index in [-0.39, 0.29) is 12.5 Å². The van der Waals surface area contributed by atoms with Gasteiger partial charge in [-0.2, -0.15) is 0 Å². The molecule has 0 radical (unpaired) electrons. The van der Waals surface area contributed by atoms with Crippen LogP contribution >= 0.6 is 0 Å². The first-order chi connectivity index (χ1) is 6.52. The molecule has 0 atom stereocenters. The van der Waals surface area contributed by atoms with Gasteiger partial charge >= 0.3 is 0 Å². The molecule has 0 aromatic rings. The minimum atomic E-state index is -1.32. The van der Waals surface area contributed by atoms with Crippen molar-refractivity contribution in [3.8, 4) is 0 Å². The molecule has 5 nitrogen and oxygen atoms in total. The monoisotopic (exact) mass is 202 g/mol. The maximum Gasteiger partial charge on any atom is 0.246 e. The first-order valence-electron chi connectivity index (χ1n) is 4.56. The van der Waals surface area contributed by atoms with Crippen LogP contribution in [0.3, 0.4) is 0 Å². The van der Waals surface area contributed by atoms with E-state index in [2.05, 4.69) is 23.9 Å². The van der Waals surface area contributed by atoms with Crippen LogP contribution in [-0.4, -0.2) is 31.6 Å². The molecule has 0 aliphatic carbocycles. The lowest BCUT2D eigenvalue weighted by molar-refractivity contribution is -0.309. The van der Waals surface area contributed by atoms with Gasteiger partial charge in [0.25, 0.3) is 0 Å². The third-order valence-corrected chi connectivity index (χ3v) is 1.50. The van der Waals surface area contributed by atoms with Gasteiger partial charge in [0.1, 0.15) is 6.61 Å². The Morgan fingerprint density at radius 2 is 2.00 bits per heavy atom. The summed E-state index contributed by atoms with van der Waals surface area (Å²) in [5, 5.41) is 12.5. The molecule has 0 aromatic carbocycles. The number of hydrogen-bond acceptors (Lipinski definition) is 4. The van der Waals surface area contributed by atoms with E-state index < -0.39 is 12.6 Å². The summed E-state index contributed by atoms with van der Waals surface area (Å²) in [4.78, 5) is 20.9. The van der Waals surface area contributed by atoms with Crippen molar-refractivity contribution >= 4 is 11.9 Å². The molecule has 0 rings (SSSR count). The Morgan fingerprint density at radius 3 is 2.50 bits per heavy atom. The number of carboxylic acid groups (broad SMARTS) is 1. The number of carbonyl (C=O) groups is 2. The predicted molar refractivity (Wildman–Crippen MR) is 48.3 cm³/mol. The Balaban J connectivity index is 3.33. The van der Waals surface area contributed by atoms with Crippen molar-refractivity contribution in [2.24, 2.45) is 5.92 Å². The zero-order valence-electron chi connectivity index (χ0n) is 8.54. The Morgan fingerprint density at radius 1 is 1.36 bits per heavy atom. The van der Waals surface area contributed by atoms with Gasteiger partial charge in [-0.3, -0.25) is 4.79 Å². The first kappa shape index (κ1) is 12.9. The fraction of sp³-hybridized carbons (Fsp3) is 0.778. The molecule has 5 heteroatoms. The van der Waals surface area contributed by atoms with Gasteiger partial charge in [-0.05, 0) is 12.3 Å². The van der Waals surface area contributed by atoms with E-state index >= 15 is 0 Å². The number of carbonyl (C=O) groups excluding carboxylic acids is 2. The number of ether oxygens (including phenoxy) is 1. The smallest absolute Gasteiger partial charge is 0.246 e. The fourth-order valence-corrected chi connectivity index (χ4v) is 0.778. The topological polar surface area (TPSA) is 78.5 Å².